The second-order valence-electron chi connectivity index (χ2n) is 8.41. The molecule has 0 aliphatic carbocycles. The van der Waals surface area contributed by atoms with Gasteiger partial charge in [-0.1, -0.05) is 21.1 Å². The number of piperazine rings is 1. The van der Waals surface area contributed by atoms with Crippen LogP contribution >= 0.6 is 15.9 Å². The highest BCUT2D eigenvalue weighted by atomic mass is 79.9. The Morgan fingerprint density at radius 1 is 1.11 bits per heavy atom. The Morgan fingerprint density at radius 3 is 2.43 bits per heavy atom. The molecule has 35 heavy (non-hydrogen) atoms. The minimum Gasteiger partial charge on any atom is -0.367 e. The number of likely N-dealkylation sites (N-methyl/N-ethyl adjacent to an activating group) is 1. The lowest BCUT2D eigenvalue weighted by Crippen LogP contribution is -2.52. The molecule has 4 rings (SSSR count). The third-order valence-electron chi connectivity index (χ3n) is 6.30. The molecule has 10 heteroatoms. The van der Waals surface area contributed by atoms with Gasteiger partial charge in [-0.25, -0.2) is 8.78 Å². The second-order valence-corrected chi connectivity index (χ2v) is 9.27. The van der Waals surface area contributed by atoms with E-state index in [-0.39, 0.29) is 17.6 Å². The summed E-state index contributed by atoms with van der Waals surface area (Å²) in [5.74, 6) is -0.0797. The van der Waals surface area contributed by atoms with Crippen LogP contribution in [0.1, 0.15) is 31.3 Å². The molecule has 3 aromatic rings. The molecule has 0 saturated carbocycles. The maximum atomic E-state index is 15.0. The van der Waals surface area contributed by atoms with Crippen LogP contribution in [0, 0.1) is 18.6 Å². The first-order chi connectivity index (χ1) is 16.8. The molecule has 0 N–H and O–H groups in total. The molecule has 2 heterocycles. The van der Waals surface area contributed by atoms with Gasteiger partial charge in [0.15, 0.2) is 5.82 Å². The highest BCUT2D eigenvalue weighted by Gasteiger charge is 2.34. The number of anilines is 1. The third-order valence-corrected chi connectivity index (χ3v) is 7.03. The van der Waals surface area contributed by atoms with Gasteiger partial charge in [0.2, 0.25) is 5.91 Å². The van der Waals surface area contributed by atoms with Crippen molar-refractivity contribution in [2.45, 2.75) is 26.8 Å². The van der Waals surface area contributed by atoms with Gasteiger partial charge >= 0.3 is 0 Å². The molecule has 0 radical (unpaired) electrons. The van der Waals surface area contributed by atoms with Crippen molar-refractivity contribution in [3.05, 3.63) is 63.9 Å². The first kappa shape index (κ1) is 25.2. The van der Waals surface area contributed by atoms with Crippen LogP contribution in [-0.2, 0) is 4.79 Å². The monoisotopic (exact) mass is 547 g/mol. The summed E-state index contributed by atoms with van der Waals surface area (Å²) in [6.07, 6.45) is 0. The first-order valence-electron chi connectivity index (χ1n) is 11.6. The zero-order valence-corrected chi connectivity index (χ0v) is 21.6. The number of halogens is 3. The van der Waals surface area contributed by atoms with Crippen LogP contribution in [0.4, 0.5) is 14.5 Å². The average molecular weight is 548 g/mol. The number of amides is 1. The van der Waals surface area contributed by atoms with Crippen molar-refractivity contribution in [2.24, 2.45) is 0 Å². The van der Waals surface area contributed by atoms with Crippen LogP contribution in [0.25, 0.3) is 11.5 Å². The van der Waals surface area contributed by atoms with Crippen LogP contribution in [0.15, 0.2) is 45.4 Å². The summed E-state index contributed by atoms with van der Waals surface area (Å²) in [5, 5.41) is 3.75. The van der Waals surface area contributed by atoms with E-state index in [0.29, 0.717) is 66.4 Å². The van der Waals surface area contributed by atoms with E-state index < -0.39 is 11.9 Å². The minimum atomic E-state index is -0.630. The molecule has 0 spiro atoms. The van der Waals surface area contributed by atoms with E-state index >= 15 is 4.39 Å². The van der Waals surface area contributed by atoms with Crippen molar-refractivity contribution >= 4 is 27.5 Å². The number of nitrogens with zero attached hydrogens (tertiary/aromatic N) is 5. The molecule has 1 aliphatic heterocycles. The summed E-state index contributed by atoms with van der Waals surface area (Å²) in [4.78, 5) is 23.4. The molecule has 1 atom stereocenters. The number of carbonyl (C=O) groups is 1. The zero-order chi connectivity index (χ0) is 25.1. The number of rotatable bonds is 7. The summed E-state index contributed by atoms with van der Waals surface area (Å²) in [7, 11) is 0. The van der Waals surface area contributed by atoms with Gasteiger partial charge in [-0.3, -0.25) is 9.69 Å². The summed E-state index contributed by atoms with van der Waals surface area (Å²) in [5.41, 5.74) is 1.59. The fraction of sp³-hybridized carbons (Fsp3) is 0.400. The van der Waals surface area contributed by atoms with Gasteiger partial charge in [0.25, 0.3) is 5.89 Å². The summed E-state index contributed by atoms with van der Waals surface area (Å²) < 4.78 is 35.0. The van der Waals surface area contributed by atoms with E-state index in [1.54, 1.807) is 30.0 Å². The average Bonchev–Trinajstić information content (AvgIpc) is 3.29. The van der Waals surface area contributed by atoms with Gasteiger partial charge < -0.3 is 14.3 Å². The topological polar surface area (TPSA) is 65.7 Å². The molecule has 1 saturated heterocycles. The largest absolute Gasteiger partial charge is 0.367 e. The molecular weight excluding hydrogens is 520 g/mol. The van der Waals surface area contributed by atoms with E-state index in [0.717, 1.165) is 0 Å². The predicted molar refractivity (Wildman–Crippen MR) is 133 cm³/mol. The number of aromatic nitrogens is 2. The molecule has 2 aromatic carbocycles. The molecule has 7 nitrogen and oxygen atoms in total. The zero-order valence-electron chi connectivity index (χ0n) is 20.0. The van der Waals surface area contributed by atoms with Crippen LogP contribution < -0.4 is 4.90 Å². The minimum absolute atomic E-state index is 0.0693. The highest BCUT2D eigenvalue weighted by molar-refractivity contribution is 9.10. The first-order valence-corrected chi connectivity index (χ1v) is 12.4. The fourth-order valence-electron chi connectivity index (χ4n) is 4.45. The van der Waals surface area contributed by atoms with Gasteiger partial charge in [-0.05, 0) is 62.7 Å². The third kappa shape index (κ3) is 5.38. The molecule has 1 amide bonds. The maximum Gasteiger partial charge on any atom is 0.258 e. The Bertz CT molecular complexity index is 1190. The van der Waals surface area contributed by atoms with Crippen molar-refractivity contribution in [2.75, 3.05) is 44.2 Å². The van der Waals surface area contributed by atoms with Crippen LogP contribution in [0.3, 0.4) is 0 Å². The smallest absolute Gasteiger partial charge is 0.258 e. The van der Waals surface area contributed by atoms with Crippen molar-refractivity contribution < 1.29 is 18.1 Å². The number of hydrogen-bond acceptors (Lipinski definition) is 6. The lowest BCUT2D eigenvalue weighted by molar-refractivity contribution is -0.137. The molecule has 1 fully saturated rings. The molecule has 1 unspecified atom stereocenters. The molecule has 0 bridgehead atoms. The Hall–Kier alpha value is -2.85. The van der Waals surface area contributed by atoms with Crippen LogP contribution in [0.5, 0.6) is 0 Å². The normalized spacial score (nSPS) is 15.3. The second kappa shape index (κ2) is 10.8. The van der Waals surface area contributed by atoms with Gasteiger partial charge in [0.1, 0.15) is 17.7 Å². The molecule has 1 aliphatic rings. The number of carbonyl (C=O) groups excluding carboxylic acids is 1. The summed E-state index contributed by atoms with van der Waals surface area (Å²) >= 11 is 3.50. The lowest BCUT2D eigenvalue weighted by Gasteiger charge is -2.41. The highest BCUT2D eigenvalue weighted by Crippen LogP contribution is 2.33. The Morgan fingerprint density at radius 2 is 1.83 bits per heavy atom. The van der Waals surface area contributed by atoms with E-state index in [4.69, 9.17) is 4.52 Å². The molecule has 186 valence electrons. The van der Waals surface area contributed by atoms with Crippen LogP contribution in [0.2, 0.25) is 0 Å². The van der Waals surface area contributed by atoms with Crippen molar-refractivity contribution in [3.8, 4) is 11.5 Å². The quantitative estimate of drug-likeness (QED) is 0.422. The van der Waals surface area contributed by atoms with Gasteiger partial charge in [-0.15, -0.1) is 0 Å². The van der Waals surface area contributed by atoms with E-state index in [2.05, 4.69) is 26.1 Å². The standard InChI is InChI=1S/C25H28BrF2N5O2/c1-4-31(5-2)25(34)23(19-15-18(27)7-8-20(19)26)33-12-10-32(11-13-33)22-9-6-17(14-21(22)28)24-29-16(3)30-35-24/h6-9,14-15,23H,4-5,10-13H2,1-3H3. The van der Waals surface area contributed by atoms with E-state index in [9.17, 15) is 9.18 Å². The van der Waals surface area contributed by atoms with E-state index in [1.165, 1.54) is 18.2 Å². The predicted octanol–water partition coefficient (Wildman–Crippen LogP) is 4.82. The number of aryl methyl sites for hydroxylation is 1. The van der Waals surface area contributed by atoms with E-state index in [1.807, 2.05) is 23.6 Å². The number of benzene rings is 2. The lowest BCUT2D eigenvalue weighted by atomic mass is 10.0. The molecule has 1 aromatic heterocycles. The van der Waals surface area contributed by atoms with Crippen LogP contribution in [-0.4, -0.2) is 65.1 Å². The Kier molecular flexibility index (Phi) is 7.81. The Balaban J connectivity index is 1.54. The fourth-order valence-corrected chi connectivity index (χ4v) is 4.91. The van der Waals surface area contributed by atoms with Crippen molar-refractivity contribution in [1.29, 1.82) is 0 Å². The summed E-state index contributed by atoms with van der Waals surface area (Å²) in [6, 6.07) is 8.65. The van der Waals surface area contributed by atoms with Gasteiger partial charge in [0.05, 0.1) is 5.69 Å². The number of hydrogen-bond donors (Lipinski definition) is 0. The summed E-state index contributed by atoms with van der Waals surface area (Å²) in [6.45, 7) is 8.77. The van der Waals surface area contributed by atoms with Gasteiger partial charge in [-0.2, -0.15) is 4.98 Å². The SMILES string of the molecule is CCN(CC)C(=O)C(c1cc(F)ccc1Br)N1CCN(c2ccc(-c3nc(C)no3)cc2F)CC1. The molecular formula is C25H28BrF2N5O2. The van der Waals surface area contributed by atoms with Gasteiger partial charge in [0, 0.05) is 49.3 Å². The van der Waals surface area contributed by atoms with Crippen molar-refractivity contribution in [1.82, 2.24) is 19.9 Å². The van der Waals surface area contributed by atoms with Crippen molar-refractivity contribution in [3.63, 3.8) is 0 Å². The maximum absolute atomic E-state index is 15.0. The Labute approximate surface area is 211 Å².